The number of halogens is 4. The normalized spacial score (nSPS) is 22.5. The van der Waals surface area contributed by atoms with Crippen molar-refractivity contribution in [3.8, 4) is 0 Å². The number of piperazine rings is 1. The van der Waals surface area contributed by atoms with Gasteiger partial charge in [-0.1, -0.05) is 0 Å². The second kappa shape index (κ2) is 7.82. The van der Waals surface area contributed by atoms with E-state index in [9.17, 15) is 22.4 Å². The van der Waals surface area contributed by atoms with E-state index < -0.39 is 18.5 Å². The Balaban J connectivity index is 1.52. The molecule has 1 amide bonds. The van der Waals surface area contributed by atoms with Gasteiger partial charge >= 0.3 is 6.18 Å². The first-order valence-electron chi connectivity index (χ1n) is 8.91. The highest BCUT2D eigenvalue weighted by Gasteiger charge is 2.36. The van der Waals surface area contributed by atoms with Gasteiger partial charge in [0.05, 0.1) is 0 Å². The van der Waals surface area contributed by atoms with Gasteiger partial charge in [-0.2, -0.15) is 13.2 Å². The molecule has 0 radical (unpaired) electrons. The van der Waals surface area contributed by atoms with Crippen LogP contribution in [0, 0.1) is 5.82 Å². The lowest BCUT2D eigenvalue weighted by atomic mass is 10.0. The molecule has 0 aromatic heterocycles. The van der Waals surface area contributed by atoms with E-state index in [-0.39, 0.29) is 11.9 Å². The molecule has 2 aliphatic heterocycles. The van der Waals surface area contributed by atoms with E-state index in [1.54, 1.807) is 12.1 Å². The van der Waals surface area contributed by atoms with E-state index >= 15 is 0 Å². The maximum atomic E-state index is 13.0. The minimum Gasteiger partial charge on any atom is -0.369 e. The molecule has 2 heterocycles. The minimum atomic E-state index is -4.45. The van der Waals surface area contributed by atoms with Crippen molar-refractivity contribution in [3.63, 3.8) is 0 Å². The average molecular weight is 373 g/mol. The first kappa shape index (κ1) is 18.9. The average Bonchev–Trinajstić information content (AvgIpc) is 2.61. The van der Waals surface area contributed by atoms with Gasteiger partial charge in [-0.05, 0) is 37.1 Å². The molecule has 1 atom stereocenters. The van der Waals surface area contributed by atoms with Crippen molar-refractivity contribution in [2.24, 2.45) is 0 Å². The standard InChI is InChI=1S/C18H23F4N3O/c19-14-3-5-15(6-4-14)23-8-10-24(11-9-23)16-2-1-7-25(13-16)17(26)12-18(20,21)22/h3-6,16H,1-2,7-13H2/t16-/m0/s1. The van der Waals surface area contributed by atoms with Gasteiger partial charge in [0.25, 0.3) is 0 Å². The first-order chi connectivity index (χ1) is 12.3. The molecule has 26 heavy (non-hydrogen) atoms. The summed E-state index contributed by atoms with van der Waals surface area (Å²) in [5.41, 5.74) is 0.969. The van der Waals surface area contributed by atoms with Crippen LogP contribution in [-0.4, -0.2) is 67.2 Å². The quantitative estimate of drug-likeness (QED) is 0.763. The van der Waals surface area contributed by atoms with Gasteiger partial charge in [0.15, 0.2) is 0 Å². The number of rotatable bonds is 3. The Kier molecular flexibility index (Phi) is 5.70. The summed E-state index contributed by atoms with van der Waals surface area (Å²) in [6, 6.07) is 6.49. The largest absolute Gasteiger partial charge is 0.397 e. The van der Waals surface area contributed by atoms with Crippen molar-refractivity contribution in [2.75, 3.05) is 44.2 Å². The molecule has 1 aromatic carbocycles. The second-order valence-corrected chi connectivity index (χ2v) is 6.93. The third-order valence-electron chi connectivity index (χ3n) is 5.12. The highest BCUT2D eigenvalue weighted by molar-refractivity contribution is 5.77. The fraction of sp³-hybridized carbons (Fsp3) is 0.611. The molecule has 0 bridgehead atoms. The van der Waals surface area contributed by atoms with Gasteiger partial charge in [0.1, 0.15) is 12.2 Å². The second-order valence-electron chi connectivity index (χ2n) is 6.93. The van der Waals surface area contributed by atoms with Gasteiger partial charge in [0.2, 0.25) is 5.91 Å². The van der Waals surface area contributed by atoms with Crippen LogP contribution < -0.4 is 4.90 Å². The van der Waals surface area contributed by atoms with Crippen LogP contribution in [-0.2, 0) is 4.79 Å². The summed E-state index contributed by atoms with van der Waals surface area (Å²) in [6.45, 7) is 3.89. The zero-order chi connectivity index (χ0) is 18.7. The monoisotopic (exact) mass is 373 g/mol. The number of amides is 1. The lowest BCUT2D eigenvalue weighted by Crippen LogP contribution is -2.56. The Labute approximate surface area is 150 Å². The number of alkyl halides is 3. The number of carbonyl (C=O) groups is 1. The Morgan fingerprint density at radius 3 is 2.31 bits per heavy atom. The maximum absolute atomic E-state index is 13.0. The molecule has 0 spiro atoms. The van der Waals surface area contributed by atoms with Gasteiger partial charge < -0.3 is 9.80 Å². The minimum absolute atomic E-state index is 0.108. The summed E-state index contributed by atoms with van der Waals surface area (Å²) in [6.07, 6.45) is -4.21. The number of hydrogen-bond acceptors (Lipinski definition) is 3. The van der Waals surface area contributed by atoms with Crippen molar-refractivity contribution in [1.29, 1.82) is 0 Å². The zero-order valence-corrected chi connectivity index (χ0v) is 14.5. The number of carbonyl (C=O) groups excluding carboxylic acids is 1. The van der Waals surface area contributed by atoms with Crippen molar-refractivity contribution < 1.29 is 22.4 Å². The molecule has 0 N–H and O–H groups in total. The molecule has 144 valence electrons. The van der Waals surface area contributed by atoms with Crippen molar-refractivity contribution >= 4 is 11.6 Å². The topological polar surface area (TPSA) is 26.8 Å². The Morgan fingerprint density at radius 2 is 1.69 bits per heavy atom. The summed E-state index contributed by atoms with van der Waals surface area (Å²) < 4.78 is 50.4. The van der Waals surface area contributed by atoms with Crippen LogP contribution in [0.1, 0.15) is 19.3 Å². The van der Waals surface area contributed by atoms with Gasteiger partial charge in [-0.25, -0.2) is 4.39 Å². The number of anilines is 1. The lowest BCUT2D eigenvalue weighted by Gasteiger charge is -2.44. The van der Waals surface area contributed by atoms with E-state index in [2.05, 4.69) is 9.80 Å². The highest BCUT2D eigenvalue weighted by Crippen LogP contribution is 2.24. The summed E-state index contributed by atoms with van der Waals surface area (Å²) in [5, 5.41) is 0. The number of nitrogens with zero attached hydrogens (tertiary/aromatic N) is 3. The van der Waals surface area contributed by atoms with Crippen molar-refractivity contribution in [2.45, 2.75) is 31.5 Å². The summed E-state index contributed by atoms with van der Waals surface area (Å²) in [5.74, 6) is -1.09. The summed E-state index contributed by atoms with van der Waals surface area (Å²) >= 11 is 0. The van der Waals surface area contributed by atoms with Crippen LogP contribution in [0.4, 0.5) is 23.2 Å². The third kappa shape index (κ3) is 4.87. The third-order valence-corrected chi connectivity index (χ3v) is 5.12. The molecular weight excluding hydrogens is 350 g/mol. The molecule has 2 aliphatic rings. The first-order valence-corrected chi connectivity index (χ1v) is 8.91. The van der Waals surface area contributed by atoms with Crippen LogP contribution in [0.5, 0.6) is 0 Å². The smallest absolute Gasteiger partial charge is 0.369 e. The number of hydrogen-bond donors (Lipinski definition) is 0. The van der Waals surface area contributed by atoms with Crippen molar-refractivity contribution in [3.05, 3.63) is 30.1 Å². The van der Waals surface area contributed by atoms with E-state index in [0.29, 0.717) is 13.1 Å². The highest BCUT2D eigenvalue weighted by atomic mass is 19.4. The van der Waals surface area contributed by atoms with E-state index in [4.69, 9.17) is 0 Å². The molecule has 4 nitrogen and oxygen atoms in total. The van der Waals surface area contributed by atoms with E-state index in [1.165, 1.54) is 17.0 Å². The fourth-order valence-corrected chi connectivity index (χ4v) is 3.76. The molecule has 0 unspecified atom stereocenters. The van der Waals surface area contributed by atoms with Crippen LogP contribution >= 0.6 is 0 Å². The molecule has 2 saturated heterocycles. The van der Waals surface area contributed by atoms with Crippen molar-refractivity contribution in [1.82, 2.24) is 9.80 Å². The lowest BCUT2D eigenvalue weighted by molar-refractivity contribution is -0.162. The Morgan fingerprint density at radius 1 is 1.04 bits per heavy atom. The number of piperidine rings is 1. The van der Waals surface area contributed by atoms with Crippen LogP contribution in [0.25, 0.3) is 0 Å². The number of likely N-dealkylation sites (tertiary alicyclic amines) is 1. The predicted molar refractivity (Wildman–Crippen MR) is 90.5 cm³/mol. The molecule has 0 aliphatic carbocycles. The van der Waals surface area contributed by atoms with Crippen LogP contribution in [0.15, 0.2) is 24.3 Å². The van der Waals surface area contributed by atoms with E-state index in [0.717, 1.165) is 44.7 Å². The van der Waals surface area contributed by atoms with Crippen LogP contribution in [0.2, 0.25) is 0 Å². The van der Waals surface area contributed by atoms with E-state index in [1.807, 2.05) is 0 Å². The van der Waals surface area contributed by atoms with Crippen LogP contribution in [0.3, 0.4) is 0 Å². The molecule has 2 fully saturated rings. The van der Waals surface area contributed by atoms with Gasteiger partial charge in [0, 0.05) is 51.0 Å². The number of benzene rings is 1. The fourth-order valence-electron chi connectivity index (χ4n) is 3.76. The molecule has 0 saturated carbocycles. The molecule has 3 rings (SSSR count). The SMILES string of the molecule is O=C(CC(F)(F)F)N1CCC[C@H](N2CCN(c3ccc(F)cc3)CC2)C1. The molecular formula is C18H23F4N3O. The zero-order valence-electron chi connectivity index (χ0n) is 14.5. The summed E-state index contributed by atoms with van der Waals surface area (Å²) in [4.78, 5) is 17.6. The van der Waals surface area contributed by atoms with Gasteiger partial charge in [-0.15, -0.1) is 0 Å². The Hall–Kier alpha value is -1.83. The maximum Gasteiger partial charge on any atom is 0.397 e. The predicted octanol–water partition coefficient (Wildman–Crippen LogP) is 2.89. The molecule has 8 heteroatoms. The Bertz CT molecular complexity index is 612. The van der Waals surface area contributed by atoms with Gasteiger partial charge in [-0.3, -0.25) is 9.69 Å². The summed E-state index contributed by atoms with van der Waals surface area (Å²) in [7, 11) is 0. The molecule has 1 aromatic rings.